The zero-order chi connectivity index (χ0) is 10.8. The summed E-state index contributed by atoms with van der Waals surface area (Å²) >= 11 is 0. The molecule has 0 atom stereocenters. The van der Waals surface area contributed by atoms with Crippen LogP contribution in [0.15, 0.2) is 0 Å². The Hall–Kier alpha value is -0.0400. The van der Waals surface area contributed by atoms with Crippen LogP contribution in [0.2, 0.25) is 0 Å². The first kappa shape index (κ1) is 9.94. The quantitative estimate of drug-likeness (QED) is 0.771. The van der Waals surface area contributed by atoms with Gasteiger partial charge in [0.25, 0.3) is 0 Å². The third kappa shape index (κ3) is 1.54. The first-order valence-electron chi connectivity index (χ1n) is 7.37. The molecule has 5 aliphatic rings. The average molecular weight is 220 g/mol. The second-order valence-electron chi connectivity index (χ2n) is 7.64. The first-order chi connectivity index (χ1) is 7.65. The van der Waals surface area contributed by atoms with Crippen LogP contribution in [0.1, 0.15) is 64.2 Å². The molecule has 0 heterocycles. The highest BCUT2D eigenvalue weighted by atomic mass is 16.3. The van der Waals surface area contributed by atoms with Crippen LogP contribution in [-0.2, 0) is 0 Å². The summed E-state index contributed by atoms with van der Waals surface area (Å²) in [5.41, 5.74) is 0.483. The normalized spacial score (nSPS) is 51.9. The third-order valence-corrected chi connectivity index (χ3v) is 6.11. The van der Waals surface area contributed by atoms with Crippen molar-refractivity contribution in [1.82, 2.24) is 0 Å². The smallest absolute Gasteiger partial charge is 0.0650 e. The topological polar surface area (TPSA) is 20.2 Å². The molecule has 5 aliphatic carbocycles. The van der Waals surface area contributed by atoms with E-state index in [0.29, 0.717) is 5.41 Å². The van der Waals surface area contributed by atoms with Gasteiger partial charge < -0.3 is 5.11 Å². The lowest BCUT2D eigenvalue weighted by Gasteiger charge is -2.57. The standard InChI is InChI=1S/C15H24O/c16-15(3-4-15)2-1-14-8-11-5-12(9-14)7-13(6-11)10-14/h11-13,16H,1-10H2. The summed E-state index contributed by atoms with van der Waals surface area (Å²) < 4.78 is 0. The van der Waals surface area contributed by atoms with Crippen molar-refractivity contribution in [2.24, 2.45) is 23.2 Å². The molecule has 5 rings (SSSR count). The molecule has 0 spiro atoms. The molecule has 5 fully saturated rings. The summed E-state index contributed by atoms with van der Waals surface area (Å²) in [6.07, 6.45) is 13.8. The molecule has 0 amide bonds. The SMILES string of the molecule is OC1(CCC23CC4CC(CC(C4)C2)C3)CC1. The lowest BCUT2D eigenvalue weighted by Crippen LogP contribution is -2.46. The Morgan fingerprint density at radius 2 is 1.31 bits per heavy atom. The highest BCUT2D eigenvalue weighted by Gasteiger charge is 2.52. The van der Waals surface area contributed by atoms with E-state index in [9.17, 15) is 5.11 Å². The molecule has 0 aromatic rings. The van der Waals surface area contributed by atoms with Crippen molar-refractivity contribution in [1.29, 1.82) is 0 Å². The fourth-order valence-corrected chi connectivity index (χ4v) is 5.49. The van der Waals surface area contributed by atoms with Crippen LogP contribution in [0.3, 0.4) is 0 Å². The summed E-state index contributed by atoms with van der Waals surface area (Å²) in [5, 5.41) is 10.0. The van der Waals surface area contributed by atoms with E-state index in [0.717, 1.165) is 37.0 Å². The van der Waals surface area contributed by atoms with Gasteiger partial charge in [-0.1, -0.05) is 0 Å². The Kier molecular flexibility index (Phi) is 1.89. The van der Waals surface area contributed by atoms with Gasteiger partial charge in [0.1, 0.15) is 0 Å². The maximum absolute atomic E-state index is 10.0. The molecule has 1 heteroatoms. The summed E-state index contributed by atoms with van der Waals surface area (Å²) in [6.45, 7) is 0. The van der Waals surface area contributed by atoms with Crippen LogP contribution >= 0.6 is 0 Å². The average Bonchev–Trinajstić information content (AvgIpc) is 2.93. The second kappa shape index (κ2) is 3.04. The number of aliphatic hydroxyl groups is 1. The number of rotatable bonds is 3. The molecule has 4 bridgehead atoms. The molecule has 0 aromatic heterocycles. The van der Waals surface area contributed by atoms with Gasteiger partial charge >= 0.3 is 0 Å². The minimum Gasteiger partial charge on any atom is -0.390 e. The lowest BCUT2D eigenvalue weighted by atomic mass is 9.48. The summed E-state index contributed by atoms with van der Waals surface area (Å²) in [4.78, 5) is 0. The van der Waals surface area contributed by atoms with Crippen LogP contribution in [0.25, 0.3) is 0 Å². The zero-order valence-electron chi connectivity index (χ0n) is 10.3. The first-order valence-corrected chi connectivity index (χ1v) is 7.37. The molecular formula is C15H24O. The fraction of sp³-hybridized carbons (Fsp3) is 1.00. The van der Waals surface area contributed by atoms with Crippen LogP contribution in [-0.4, -0.2) is 10.7 Å². The van der Waals surface area contributed by atoms with Gasteiger partial charge in [-0.3, -0.25) is 0 Å². The highest BCUT2D eigenvalue weighted by Crippen LogP contribution is 2.62. The molecular weight excluding hydrogens is 196 g/mol. The van der Waals surface area contributed by atoms with Crippen molar-refractivity contribution in [3.05, 3.63) is 0 Å². The van der Waals surface area contributed by atoms with Gasteiger partial charge in [-0.05, 0) is 87.4 Å². The van der Waals surface area contributed by atoms with Gasteiger partial charge in [0.15, 0.2) is 0 Å². The van der Waals surface area contributed by atoms with E-state index in [1.165, 1.54) is 25.7 Å². The maximum atomic E-state index is 10.0. The Morgan fingerprint density at radius 3 is 1.75 bits per heavy atom. The Balaban J connectivity index is 1.49. The van der Waals surface area contributed by atoms with Crippen molar-refractivity contribution in [2.45, 2.75) is 69.8 Å². The van der Waals surface area contributed by atoms with Crippen molar-refractivity contribution < 1.29 is 5.11 Å². The third-order valence-electron chi connectivity index (χ3n) is 6.11. The Morgan fingerprint density at radius 1 is 0.812 bits per heavy atom. The summed E-state index contributed by atoms with van der Waals surface area (Å²) in [6, 6.07) is 0. The second-order valence-corrected chi connectivity index (χ2v) is 7.64. The van der Waals surface area contributed by atoms with Crippen molar-refractivity contribution >= 4 is 0 Å². The van der Waals surface area contributed by atoms with Gasteiger partial charge in [-0.2, -0.15) is 0 Å². The molecule has 0 aromatic carbocycles. The minimum atomic E-state index is -0.205. The molecule has 0 unspecified atom stereocenters. The van der Waals surface area contributed by atoms with Crippen LogP contribution in [0.4, 0.5) is 0 Å². The summed E-state index contributed by atoms with van der Waals surface area (Å²) in [5.74, 6) is 3.21. The van der Waals surface area contributed by atoms with E-state index in [1.54, 1.807) is 19.3 Å². The lowest BCUT2D eigenvalue weighted by molar-refractivity contribution is -0.0642. The Bertz CT molecular complexity index is 267. The molecule has 1 N–H and O–H groups in total. The van der Waals surface area contributed by atoms with Crippen molar-refractivity contribution in [3.8, 4) is 0 Å². The van der Waals surface area contributed by atoms with E-state index in [-0.39, 0.29) is 5.60 Å². The largest absolute Gasteiger partial charge is 0.390 e. The zero-order valence-corrected chi connectivity index (χ0v) is 10.3. The van der Waals surface area contributed by atoms with Gasteiger partial charge in [0.05, 0.1) is 5.60 Å². The van der Waals surface area contributed by atoms with Gasteiger partial charge in [0.2, 0.25) is 0 Å². The van der Waals surface area contributed by atoms with Crippen LogP contribution in [0.5, 0.6) is 0 Å². The van der Waals surface area contributed by atoms with Crippen molar-refractivity contribution in [2.75, 3.05) is 0 Å². The molecule has 0 aliphatic heterocycles. The van der Waals surface area contributed by atoms with Crippen molar-refractivity contribution in [3.63, 3.8) is 0 Å². The molecule has 0 saturated heterocycles. The minimum absolute atomic E-state index is 0.205. The predicted octanol–water partition coefficient (Wildman–Crippen LogP) is 3.51. The van der Waals surface area contributed by atoms with Gasteiger partial charge in [0, 0.05) is 0 Å². The van der Waals surface area contributed by atoms with Gasteiger partial charge in [-0.25, -0.2) is 0 Å². The van der Waals surface area contributed by atoms with E-state index in [1.807, 2.05) is 0 Å². The monoisotopic (exact) mass is 220 g/mol. The summed E-state index contributed by atoms with van der Waals surface area (Å²) in [7, 11) is 0. The van der Waals surface area contributed by atoms with Crippen LogP contribution in [0, 0.1) is 23.2 Å². The van der Waals surface area contributed by atoms with Crippen LogP contribution < -0.4 is 0 Å². The fourth-order valence-electron chi connectivity index (χ4n) is 5.49. The van der Waals surface area contributed by atoms with E-state index in [4.69, 9.17) is 0 Å². The Labute approximate surface area is 98.6 Å². The molecule has 90 valence electrons. The highest BCUT2D eigenvalue weighted by molar-refractivity contribution is 5.03. The number of hydrogen-bond acceptors (Lipinski definition) is 1. The molecule has 1 nitrogen and oxygen atoms in total. The van der Waals surface area contributed by atoms with E-state index >= 15 is 0 Å². The van der Waals surface area contributed by atoms with Gasteiger partial charge in [-0.15, -0.1) is 0 Å². The molecule has 0 radical (unpaired) electrons. The maximum Gasteiger partial charge on any atom is 0.0650 e. The molecule has 16 heavy (non-hydrogen) atoms. The van der Waals surface area contributed by atoms with E-state index < -0.39 is 0 Å². The van der Waals surface area contributed by atoms with E-state index in [2.05, 4.69) is 0 Å². The predicted molar refractivity (Wildman–Crippen MR) is 64.0 cm³/mol. The molecule has 5 saturated carbocycles. The number of hydrogen-bond donors (Lipinski definition) is 1.